The van der Waals surface area contributed by atoms with Crippen LogP contribution in [0.5, 0.6) is 0 Å². The van der Waals surface area contributed by atoms with Gasteiger partial charge < -0.3 is 9.32 Å². The Morgan fingerprint density at radius 2 is 2.05 bits per heavy atom. The maximum Gasteiger partial charge on any atom is 0.289 e. The first-order valence-electron chi connectivity index (χ1n) is 7.12. The zero-order valence-electron chi connectivity index (χ0n) is 11.6. The molecule has 3 nitrogen and oxygen atoms in total. The Hall–Kier alpha value is -1.29. The van der Waals surface area contributed by atoms with Crippen molar-refractivity contribution in [3.05, 3.63) is 34.5 Å². The van der Waals surface area contributed by atoms with Crippen molar-refractivity contribution < 1.29 is 9.21 Å². The van der Waals surface area contributed by atoms with E-state index in [9.17, 15) is 4.79 Å². The molecule has 0 unspecified atom stereocenters. The van der Waals surface area contributed by atoms with Crippen LogP contribution in [0.3, 0.4) is 0 Å². The summed E-state index contributed by atoms with van der Waals surface area (Å²) in [6, 6.07) is 7.94. The van der Waals surface area contributed by atoms with E-state index < -0.39 is 0 Å². The van der Waals surface area contributed by atoms with E-state index in [1.807, 2.05) is 36.2 Å². The van der Waals surface area contributed by atoms with E-state index in [-0.39, 0.29) is 5.91 Å². The van der Waals surface area contributed by atoms with Gasteiger partial charge in [0.2, 0.25) is 0 Å². The summed E-state index contributed by atoms with van der Waals surface area (Å²) in [6.07, 6.45) is 5.93. The van der Waals surface area contributed by atoms with E-state index in [0.717, 1.165) is 28.3 Å². The minimum absolute atomic E-state index is 0.0139. The van der Waals surface area contributed by atoms with Gasteiger partial charge in [-0.15, -0.1) is 0 Å². The quantitative estimate of drug-likeness (QED) is 0.803. The lowest BCUT2D eigenvalue weighted by Gasteiger charge is -2.30. The van der Waals surface area contributed by atoms with Crippen LogP contribution in [0.1, 0.15) is 42.7 Å². The molecule has 1 aliphatic carbocycles. The maximum absolute atomic E-state index is 12.5. The molecule has 1 aromatic heterocycles. The second-order valence-electron chi connectivity index (χ2n) is 5.47. The zero-order valence-corrected chi connectivity index (χ0v) is 13.1. The molecule has 106 valence electrons. The average molecular weight is 336 g/mol. The van der Waals surface area contributed by atoms with Crippen LogP contribution in [0.15, 0.2) is 33.2 Å². The van der Waals surface area contributed by atoms with Crippen molar-refractivity contribution in [1.82, 2.24) is 4.90 Å². The van der Waals surface area contributed by atoms with Gasteiger partial charge in [-0.25, -0.2) is 0 Å². The van der Waals surface area contributed by atoms with Gasteiger partial charge in [0, 0.05) is 22.9 Å². The average Bonchev–Trinajstić information content (AvgIpc) is 2.92. The molecule has 1 aliphatic rings. The molecular formula is C16H18BrNO2. The van der Waals surface area contributed by atoms with Gasteiger partial charge in [0.25, 0.3) is 5.91 Å². The number of carbonyl (C=O) groups is 1. The maximum atomic E-state index is 12.5. The molecule has 3 rings (SSSR count). The molecule has 20 heavy (non-hydrogen) atoms. The van der Waals surface area contributed by atoms with Crippen LogP contribution in [0.4, 0.5) is 0 Å². The predicted octanol–water partition coefficient (Wildman–Crippen LogP) is 4.60. The summed E-state index contributed by atoms with van der Waals surface area (Å²) in [4.78, 5) is 14.4. The fraction of sp³-hybridized carbons (Fsp3) is 0.438. The molecule has 1 fully saturated rings. The van der Waals surface area contributed by atoms with Gasteiger partial charge in [0.05, 0.1) is 0 Å². The number of carbonyl (C=O) groups excluding carboxylic acids is 1. The van der Waals surface area contributed by atoms with E-state index in [1.165, 1.54) is 19.3 Å². The number of halogens is 1. The van der Waals surface area contributed by atoms with E-state index >= 15 is 0 Å². The van der Waals surface area contributed by atoms with Gasteiger partial charge in [-0.3, -0.25) is 4.79 Å². The van der Waals surface area contributed by atoms with Crippen LogP contribution >= 0.6 is 15.9 Å². The number of hydrogen-bond donors (Lipinski definition) is 0. The van der Waals surface area contributed by atoms with Crippen LogP contribution in [-0.4, -0.2) is 23.9 Å². The number of amides is 1. The Kier molecular flexibility index (Phi) is 3.83. The van der Waals surface area contributed by atoms with Crippen LogP contribution < -0.4 is 0 Å². The van der Waals surface area contributed by atoms with Gasteiger partial charge in [0.1, 0.15) is 5.58 Å². The summed E-state index contributed by atoms with van der Waals surface area (Å²) in [6.45, 7) is 0. The fourth-order valence-corrected chi connectivity index (χ4v) is 3.40. The number of nitrogens with zero attached hydrogens (tertiary/aromatic N) is 1. The molecule has 1 aromatic carbocycles. The Labute approximate surface area is 127 Å². The number of rotatable bonds is 2. The van der Waals surface area contributed by atoms with E-state index in [1.54, 1.807) is 0 Å². The highest BCUT2D eigenvalue weighted by atomic mass is 79.9. The first kappa shape index (κ1) is 13.7. The lowest BCUT2D eigenvalue weighted by Crippen LogP contribution is -2.38. The minimum Gasteiger partial charge on any atom is -0.451 e. The zero-order chi connectivity index (χ0) is 14.1. The monoisotopic (exact) mass is 335 g/mol. The van der Waals surface area contributed by atoms with Crippen molar-refractivity contribution in [2.75, 3.05) is 7.05 Å². The molecule has 0 N–H and O–H groups in total. The molecule has 0 atom stereocenters. The van der Waals surface area contributed by atoms with Gasteiger partial charge >= 0.3 is 0 Å². The normalized spacial score (nSPS) is 16.5. The Morgan fingerprint density at radius 1 is 1.30 bits per heavy atom. The molecule has 0 spiro atoms. The van der Waals surface area contributed by atoms with Gasteiger partial charge in [0.15, 0.2) is 5.76 Å². The Bertz CT molecular complexity index is 628. The van der Waals surface area contributed by atoms with E-state index in [2.05, 4.69) is 15.9 Å². The molecule has 1 heterocycles. The lowest BCUT2D eigenvalue weighted by molar-refractivity contribution is 0.0666. The summed E-state index contributed by atoms with van der Waals surface area (Å²) in [5.41, 5.74) is 0.750. The van der Waals surface area contributed by atoms with Crippen molar-refractivity contribution >= 4 is 32.8 Å². The summed E-state index contributed by atoms with van der Waals surface area (Å²) in [5, 5.41) is 0.952. The first-order valence-corrected chi connectivity index (χ1v) is 7.91. The third-order valence-electron chi connectivity index (χ3n) is 4.16. The smallest absolute Gasteiger partial charge is 0.289 e. The van der Waals surface area contributed by atoms with Crippen LogP contribution in [0.25, 0.3) is 11.0 Å². The number of furan rings is 1. The molecule has 1 saturated carbocycles. The summed E-state index contributed by atoms with van der Waals surface area (Å²) >= 11 is 3.49. The van der Waals surface area contributed by atoms with Crippen LogP contribution in [0, 0.1) is 0 Å². The molecule has 2 aromatic rings. The third kappa shape index (κ3) is 2.49. The molecule has 1 amide bonds. The standard InChI is InChI=1S/C16H18BrNO2/c1-18(11-6-3-2-4-7-11)16(19)15-10-12-13(17)8-5-9-14(12)20-15/h5,8-11H,2-4,6-7H2,1H3. The van der Waals surface area contributed by atoms with Crippen LogP contribution in [-0.2, 0) is 0 Å². The Morgan fingerprint density at radius 3 is 2.75 bits per heavy atom. The van der Waals surface area contributed by atoms with Crippen molar-refractivity contribution in [1.29, 1.82) is 0 Å². The van der Waals surface area contributed by atoms with Crippen molar-refractivity contribution in [2.45, 2.75) is 38.1 Å². The molecule has 0 bridgehead atoms. The number of fused-ring (bicyclic) bond motifs is 1. The van der Waals surface area contributed by atoms with Gasteiger partial charge in [-0.05, 0) is 31.0 Å². The molecular weight excluding hydrogens is 318 g/mol. The summed E-state index contributed by atoms with van der Waals surface area (Å²) < 4.78 is 6.66. The van der Waals surface area contributed by atoms with Crippen molar-refractivity contribution in [3.8, 4) is 0 Å². The second kappa shape index (κ2) is 5.60. The number of benzene rings is 1. The van der Waals surface area contributed by atoms with E-state index in [4.69, 9.17) is 4.42 Å². The van der Waals surface area contributed by atoms with Gasteiger partial charge in [-0.1, -0.05) is 41.3 Å². The first-order chi connectivity index (χ1) is 9.66. The third-order valence-corrected chi connectivity index (χ3v) is 4.85. The molecule has 0 saturated heterocycles. The highest BCUT2D eigenvalue weighted by Crippen LogP contribution is 2.29. The van der Waals surface area contributed by atoms with Gasteiger partial charge in [-0.2, -0.15) is 0 Å². The lowest BCUT2D eigenvalue weighted by atomic mass is 9.94. The van der Waals surface area contributed by atoms with Crippen LogP contribution in [0.2, 0.25) is 0 Å². The topological polar surface area (TPSA) is 33.5 Å². The SMILES string of the molecule is CN(C(=O)c1cc2c(Br)cccc2o1)C1CCCCC1. The molecule has 0 radical (unpaired) electrons. The highest BCUT2D eigenvalue weighted by molar-refractivity contribution is 9.10. The number of hydrogen-bond acceptors (Lipinski definition) is 2. The van der Waals surface area contributed by atoms with E-state index in [0.29, 0.717) is 11.8 Å². The molecule has 0 aliphatic heterocycles. The fourth-order valence-electron chi connectivity index (χ4n) is 2.94. The molecule has 4 heteroatoms. The Balaban J connectivity index is 1.86. The van der Waals surface area contributed by atoms with Crippen molar-refractivity contribution in [3.63, 3.8) is 0 Å². The largest absolute Gasteiger partial charge is 0.451 e. The highest BCUT2D eigenvalue weighted by Gasteiger charge is 2.25. The predicted molar refractivity (Wildman–Crippen MR) is 82.9 cm³/mol. The summed E-state index contributed by atoms with van der Waals surface area (Å²) in [5.74, 6) is 0.417. The summed E-state index contributed by atoms with van der Waals surface area (Å²) in [7, 11) is 1.89. The van der Waals surface area contributed by atoms with Crippen molar-refractivity contribution in [2.24, 2.45) is 0 Å². The minimum atomic E-state index is -0.0139. The second-order valence-corrected chi connectivity index (χ2v) is 6.32.